The summed E-state index contributed by atoms with van der Waals surface area (Å²) in [6.07, 6.45) is 7.49. The van der Waals surface area contributed by atoms with Gasteiger partial charge in [-0.2, -0.15) is 9.97 Å². The highest BCUT2D eigenvalue weighted by Crippen LogP contribution is 2.31. The van der Waals surface area contributed by atoms with Crippen LogP contribution in [0.2, 0.25) is 0 Å². The van der Waals surface area contributed by atoms with Gasteiger partial charge in [0.15, 0.2) is 17.8 Å². The molecule has 0 saturated heterocycles. The number of pyridine rings is 1. The second kappa shape index (κ2) is 53.4. The first-order valence-corrected chi connectivity index (χ1v) is 38.1. The Labute approximate surface area is 650 Å². The van der Waals surface area contributed by atoms with E-state index in [2.05, 4.69) is 88.4 Å². The number of aliphatic carboxylic acids is 2. The number of carboxylic acid groups (broad SMARTS) is 2. The molecule has 4 aromatic heterocycles. The third-order valence-corrected chi connectivity index (χ3v) is 17.0. The van der Waals surface area contributed by atoms with Gasteiger partial charge in [0.25, 0.3) is 12.2 Å². The Morgan fingerprint density at radius 1 is 0.616 bits per heavy atom. The van der Waals surface area contributed by atoms with Gasteiger partial charge in [0, 0.05) is 82.8 Å². The summed E-state index contributed by atoms with van der Waals surface area (Å²) in [5, 5.41) is 49.9. The number of aromatic nitrogens is 9. The Bertz CT molecular complexity index is 3910. The highest BCUT2D eigenvalue weighted by atomic mass is 16.6. The van der Waals surface area contributed by atoms with Gasteiger partial charge in [-0.15, -0.1) is 5.10 Å². The van der Waals surface area contributed by atoms with Crippen molar-refractivity contribution in [3.8, 4) is 0 Å². The number of nitro benzene ring substituents is 1. The number of rotatable bonds is 66. The minimum Gasteiger partial charge on any atom is -0.481 e. The number of nitrogens with one attached hydrogen (secondary N) is 4. The summed E-state index contributed by atoms with van der Waals surface area (Å²) in [5.41, 5.74) is 13.1. The van der Waals surface area contributed by atoms with E-state index in [1.54, 1.807) is 23.0 Å². The van der Waals surface area contributed by atoms with Crippen molar-refractivity contribution < 1.29 is 96.0 Å². The number of carboxylic acids is 2. The van der Waals surface area contributed by atoms with Gasteiger partial charge in [-0.1, -0.05) is 67.1 Å². The van der Waals surface area contributed by atoms with Crippen molar-refractivity contribution in [1.82, 2.24) is 55.1 Å². The van der Waals surface area contributed by atoms with Crippen molar-refractivity contribution in [3.63, 3.8) is 0 Å². The van der Waals surface area contributed by atoms with Crippen LogP contribution in [0.1, 0.15) is 111 Å². The number of hydrogen-bond donors (Lipinski definition) is 7. The van der Waals surface area contributed by atoms with Crippen LogP contribution in [0.4, 0.5) is 27.9 Å². The van der Waals surface area contributed by atoms with E-state index < -0.39 is 41.6 Å². The fraction of sp³-hybridized carbons (Fsp3) is 0.579. The van der Waals surface area contributed by atoms with Gasteiger partial charge in [0.1, 0.15) is 47.0 Å². The summed E-state index contributed by atoms with van der Waals surface area (Å²) in [4.78, 5) is 93.1. The number of carbonyl (C=O) groups excluding carboxylic acids is 3. The molecule has 7 rings (SSSR count). The van der Waals surface area contributed by atoms with Crippen LogP contribution in [0, 0.1) is 17.0 Å². The Morgan fingerprint density at radius 2 is 1.22 bits per heavy atom. The molecule has 2 atom stereocenters. The molecule has 0 aliphatic rings. The van der Waals surface area contributed by atoms with E-state index >= 15 is 0 Å². The third kappa shape index (κ3) is 35.4. The number of aryl methyl sites for hydroxylation is 6. The van der Waals surface area contributed by atoms with E-state index in [0.717, 1.165) is 63.7 Å². The zero-order chi connectivity index (χ0) is 79.6. The maximum atomic E-state index is 12.8. The summed E-state index contributed by atoms with van der Waals surface area (Å²) in [6, 6.07) is 19.2. The van der Waals surface area contributed by atoms with Crippen LogP contribution in [-0.2, 0) is 121 Å². The second-order valence-electron chi connectivity index (χ2n) is 25.9. The van der Waals surface area contributed by atoms with Crippen LogP contribution >= 0.6 is 0 Å². The number of nitrogens with zero attached hydrogens (tertiary/aromatic N) is 10. The Kier molecular flexibility index (Phi) is 42.7. The van der Waals surface area contributed by atoms with E-state index in [9.17, 15) is 39.2 Å². The van der Waals surface area contributed by atoms with Gasteiger partial charge in [-0.05, 0) is 80.7 Å². The molecule has 0 saturated carbocycles. The van der Waals surface area contributed by atoms with E-state index in [1.165, 1.54) is 0 Å². The number of nitro groups is 1. The zero-order valence-electron chi connectivity index (χ0n) is 64.1. The van der Waals surface area contributed by atoms with Crippen LogP contribution in [0.15, 0.2) is 72.9 Å². The molecule has 0 aliphatic carbocycles. The molecular weight excluding hydrogens is 1460 g/mol. The van der Waals surface area contributed by atoms with E-state index in [1.807, 2.05) is 31.2 Å². The molecule has 8 N–H and O–H groups in total. The molecule has 3 aromatic carbocycles. The molecule has 36 heteroatoms. The lowest BCUT2D eigenvalue weighted by molar-refractivity contribution is -0.384. The SMILES string of the molecule is CCCCc1nc2c(N)nc3ccccc3c2n1Cc1ccc(CCC(=O)COCCOCCOCCCc2nc(CCCNc3ccc(C)cc3[N+](=O)[O-])nc(NCCOCCOCCOCCOCCOCCOCCOCCOCc3cn(CCCCC(NC(=O)N[C@@H](CCC(=O)O)C(=O)O)OC=O)nn3)n2)cc1. The first-order valence-electron chi connectivity index (χ1n) is 38.1. The monoisotopic (exact) mass is 1570 g/mol. The lowest BCUT2D eigenvalue weighted by Crippen LogP contribution is -2.49. The van der Waals surface area contributed by atoms with Crippen LogP contribution in [0.25, 0.3) is 21.9 Å². The Morgan fingerprint density at radius 3 is 1.85 bits per heavy atom. The molecule has 614 valence electrons. The molecule has 0 radical (unpaired) electrons. The molecule has 0 aliphatic heterocycles. The summed E-state index contributed by atoms with van der Waals surface area (Å²) in [6.45, 7) is 14.1. The molecule has 112 heavy (non-hydrogen) atoms. The lowest BCUT2D eigenvalue weighted by atomic mass is 10.1. The van der Waals surface area contributed by atoms with E-state index in [0.29, 0.717) is 238 Å². The van der Waals surface area contributed by atoms with Gasteiger partial charge >= 0.3 is 18.0 Å². The number of hydrogen-bond acceptors (Lipinski definition) is 29. The topological polar surface area (TPSA) is 454 Å². The van der Waals surface area contributed by atoms with E-state index in [4.69, 9.17) is 77.7 Å². The molecule has 4 heterocycles. The first-order chi connectivity index (χ1) is 54.7. The van der Waals surface area contributed by atoms with Crippen LogP contribution in [0.5, 0.6) is 0 Å². The van der Waals surface area contributed by atoms with Gasteiger partial charge in [0.2, 0.25) is 5.95 Å². The number of imidazole rings is 1. The first kappa shape index (κ1) is 89.6. The number of benzene rings is 3. The number of nitrogens with two attached hydrogens (primary N) is 1. The number of nitrogen functional groups attached to an aromatic ring is 1. The second-order valence-corrected chi connectivity index (χ2v) is 25.9. The smallest absolute Gasteiger partial charge is 0.326 e. The molecule has 7 aromatic rings. The quantitative estimate of drug-likeness (QED) is 0.00676. The predicted molar refractivity (Wildman–Crippen MR) is 411 cm³/mol. The molecule has 0 bridgehead atoms. The minimum atomic E-state index is -1.43. The van der Waals surface area contributed by atoms with Gasteiger partial charge < -0.3 is 98.6 Å². The van der Waals surface area contributed by atoms with Crippen LogP contribution < -0.4 is 27.0 Å². The van der Waals surface area contributed by atoms with Gasteiger partial charge in [-0.25, -0.2) is 24.5 Å². The number of amides is 2. The van der Waals surface area contributed by atoms with E-state index in [-0.39, 0.29) is 50.6 Å². The molecule has 1 unspecified atom stereocenters. The number of anilines is 3. The fourth-order valence-corrected chi connectivity index (χ4v) is 11.3. The van der Waals surface area contributed by atoms with Gasteiger partial charge in [-0.3, -0.25) is 29.2 Å². The standard InChI is InChI=1S/C76H109N15O21/c1-3-4-15-68-85-71-72(61-11-5-6-12-62(61)80-73(71)77)90(68)51-58-20-18-57(19-21-58)22-23-60(93)54-111-49-47-108-34-32-101-30-10-14-67-82-66(13-9-27-78-63-24-17-56(2)50-65(63)91(99)100)83-75(84-67)79-28-31-102-33-35-103-36-37-104-38-39-105-40-41-106-42-43-107-44-45-109-46-48-110-53-59-52-89(88-87-59)29-8-7-16-69(112-55-92)86-76(98)81-64(74(96)97)25-26-70(94)95/h5-6,11-12,17-21,24,50,52,55,64,69,78H,3-4,7-10,13-16,22-23,25-49,51,53-54H2,1-2H3,(H2,77,80)(H,94,95)(H,96,97)(H2,81,86,98)(H,79,82,83,84)/t64-,69?/m0/s1. The highest BCUT2D eigenvalue weighted by Gasteiger charge is 2.24. The molecular formula is C76H109N15O21. The lowest BCUT2D eigenvalue weighted by Gasteiger charge is -2.19. The van der Waals surface area contributed by atoms with Crippen LogP contribution in [-0.4, -0.2) is 254 Å². The number of fused-ring (bicyclic) bond motifs is 3. The Balaban J connectivity index is 0.649. The number of carbonyl (C=O) groups is 5. The predicted octanol–water partition coefficient (Wildman–Crippen LogP) is 6.81. The van der Waals surface area contributed by atoms with Crippen molar-refractivity contribution in [2.75, 3.05) is 168 Å². The number of Topliss-reactive ketones (excluding diaryl/α,β-unsaturated/α-hetero) is 1. The molecule has 0 fully saturated rings. The average molecular weight is 1570 g/mol. The highest BCUT2D eigenvalue weighted by molar-refractivity contribution is 6.06. The summed E-state index contributed by atoms with van der Waals surface area (Å²) >= 11 is 0. The largest absolute Gasteiger partial charge is 0.481 e. The maximum absolute atomic E-state index is 12.8. The number of urea groups is 1. The van der Waals surface area contributed by atoms with Crippen molar-refractivity contribution in [2.24, 2.45) is 0 Å². The molecule has 2 amide bonds. The number of ether oxygens (including phenoxy) is 12. The van der Waals surface area contributed by atoms with Crippen LogP contribution in [0.3, 0.4) is 0 Å². The molecule has 36 nitrogen and oxygen atoms in total. The van der Waals surface area contributed by atoms with Crippen molar-refractivity contribution >= 4 is 75.3 Å². The number of unbranched alkanes of at least 4 members (excludes halogenated alkanes) is 2. The summed E-state index contributed by atoms with van der Waals surface area (Å²) < 4.78 is 70.9. The number of para-hydroxylation sites is 1. The summed E-state index contributed by atoms with van der Waals surface area (Å²) in [5.74, 6) is 0.474. The third-order valence-electron chi connectivity index (χ3n) is 17.0. The maximum Gasteiger partial charge on any atom is 0.326 e. The van der Waals surface area contributed by atoms with Gasteiger partial charge in [0.05, 0.1) is 154 Å². The molecule has 0 spiro atoms. The Hall–Kier alpha value is -9.60. The van der Waals surface area contributed by atoms with Crippen molar-refractivity contribution in [3.05, 3.63) is 123 Å². The average Bonchev–Trinajstić information content (AvgIpc) is 1.59. The fourth-order valence-electron chi connectivity index (χ4n) is 11.3. The van der Waals surface area contributed by atoms with Crippen molar-refractivity contribution in [1.29, 1.82) is 0 Å². The van der Waals surface area contributed by atoms with Crippen molar-refractivity contribution in [2.45, 2.75) is 136 Å². The minimum absolute atomic E-state index is 0.0199. The number of ketones is 1. The zero-order valence-corrected chi connectivity index (χ0v) is 64.1. The normalized spacial score (nSPS) is 12.0. The summed E-state index contributed by atoms with van der Waals surface area (Å²) in [7, 11) is 0.